The fourth-order valence-electron chi connectivity index (χ4n) is 1.99. The van der Waals surface area contributed by atoms with Crippen molar-refractivity contribution in [3.63, 3.8) is 0 Å². The molecule has 0 aromatic heterocycles. The summed E-state index contributed by atoms with van der Waals surface area (Å²) < 4.78 is 0. The number of likely N-dealkylation sites (N-methyl/N-ethyl adjacent to an activating group) is 1. The Morgan fingerprint density at radius 3 is 2.47 bits per heavy atom. The van der Waals surface area contributed by atoms with E-state index in [1.165, 1.54) is 0 Å². The first-order valence-corrected chi connectivity index (χ1v) is 7.39. The topological polar surface area (TPSA) is 35.5 Å². The van der Waals surface area contributed by atoms with E-state index in [0.717, 1.165) is 31.7 Å². The first kappa shape index (κ1) is 16.7. The van der Waals surface area contributed by atoms with Gasteiger partial charge in [0, 0.05) is 23.1 Å². The number of halogens is 2. The van der Waals surface area contributed by atoms with E-state index in [9.17, 15) is 5.11 Å². The Balaban J connectivity index is 2.58. The third kappa shape index (κ3) is 5.28. The third-order valence-corrected chi connectivity index (χ3v) is 3.80. The molecule has 0 spiro atoms. The van der Waals surface area contributed by atoms with E-state index in [2.05, 4.69) is 24.1 Å². The third-order valence-electron chi connectivity index (χ3n) is 3.23. The molecule has 19 heavy (non-hydrogen) atoms. The van der Waals surface area contributed by atoms with Gasteiger partial charge in [0.1, 0.15) is 0 Å². The Kier molecular flexibility index (Phi) is 7.73. The number of nitrogens with one attached hydrogen (secondary N) is 1. The van der Waals surface area contributed by atoms with Gasteiger partial charge in [0.05, 0.1) is 12.6 Å². The van der Waals surface area contributed by atoms with Gasteiger partial charge in [0.15, 0.2) is 0 Å². The van der Waals surface area contributed by atoms with Crippen LogP contribution >= 0.6 is 23.2 Å². The number of rotatable bonds is 8. The summed E-state index contributed by atoms with van der Waals surface area (Å²) in [5, 5.41) is 14.0. The summed E-state index contributed by atoms with van der Waals surface area (Å²) in [6.07, 6.45) is 0. The van der Waals surface area contributed by atoms with E-state index >= 15 is 0 Å². The van der Waals surface area contributed by atoms with E-state index in [-0.39, 0.29) is 12.6 Å². The molecular weight excluding hydrogens is 283 g/mol. The molecule has 1 unspecified atom stereocenters. The second-order valence-electron chi connectivity index (χ2n) is 4.38. The SMILES string of the molecule is CCN(CC)CCNC(CO)c1ccc(Cl)cc1Cl. The van der Waals surface area contributed by atoms with Gasteiger partial charge in [-0.25, -0.2) is 0 Å². The lowest BCUT2D eigenvalue weighted by Crippen LogP contribution is -2.34. The van der Waals surface area contributed by atoms with Gasteiger partial charge in [-0.1, -0.05) is 43.1 Å². The molecular formula is C14H22Cl2N2O. The lowest BCUT2D eigenvalue weighted by molar-refractivity contribution is 0.233. The standard InChI is InChI=1S/C14H22Cl2N2O/c1-3-18(4-2)8-7-17-14(10-19)12-6-5-11(15)9-13(12)16/h5-6,9,14,17,19H,3-4,7-8,10H2,1-2H3. The molecule has 3 nitrogen and oxygen atoms in total. The molecule has 0 aliphatic heterocycles. The van der Waals surface area contributed by atoms with E-state index < -0.39 is 0 Å². The summed E-state index contributed by atoms with van der Waals surface area (Å²) >= 11 is 12.0. The van der Waals surface area contributed by atoms with Gasteiger partial charge in [0.2, 0.25) is 0 Å². The van der Waals surface area contributed by atoms with E-state index in [1.54, 1.807) is 12.1 Å². The second-order valence-corrected chi connectivity index (χ2v) is 5.23. The predicted molar refractivity (Wildman–Crippen MR) is 82.1 cm³/mol. The zero-order valence-electron chi connectivity index (χ0n) is 11.5. The highest BCUT2D eigenvalue weighted by Gasteiger charge is 2.13. The van der Waals surface area contributed by atoms with Crippen LogP contribution in [0.1, 0.15) is 25.5 Å². The van der Waals surface area contributed by atoms with E-state index in [1.807, 2.05) is 6.07 Å². The first-order valence-electron chi connectivity index (χ1n) is 6.63. The van der Waals surface area contributed by atoms with Crippen LogP contribution in [0.5, 0.6) is 0 Å². The molecule has 0 heterocycles. The molecule has 0 radical (unpaired) electrons. The highest BCUT2D eigenvalue weighted by Crippen LogP contribution is 2.26. The second kappa shape index (κ2) is 8.77. The lowest BCUT2D eigenvalue weighted by atomic mass is 10.1. The Hall–Kier alpha value is -0.320. The zero-order valence-corrected chi connectivity index (χ0v) is 13.0. The average molecular weight is 305 g/mol. The van der Waals surface area contributed by atoms with Crippen LogP contribution in [-0.2, 0) is 0 Å². The molecule has 1 aromatic carbocycles. The fourth-order valence-corrected chi connectivity index (χ4v) is 2.53. The van der Waals surface area contributed by atoms with Gasteiger partial charge in [0.25, 0.3) is 0 Å². The monoisotopic (exact) mass is 304 g/mol. The molecule has 0 bridgehead atoms. The Bertz CT molecular complexity index is 384. The van der Waals surface area contributed by atoms with Gasteiger partial charge in [-0.15, -0.1) is 0 Å². The summed E-state index contributed by atoms with van der Waals surface area (Å²) in [5.41, 5.74) is 0.883. The maximum Gasteiger partial charge on any atom is 0.0627 e. The highest BCUT2D eigenvalue weighted by molar-refractivity contribution is 6.35. The molecule has 0 amide bonds. The molecule has 1 atom stereocenters. The number of nitrogens with zero attached hydrogens (tertiary/aromatic N) is 1. The van der Waals surface area contributed by atoms with Crippen molar-refractivity contribution < 1.29 is 5.11 Å². The van der Waals surface area contributed by atoms with Gasteiger partial charge in [-0.2, -0.15) is 0 Å². The maximum atomic E-state index is 9.49. The minimum Gasteiger partial charge on any atom is -0.394 e. The van der Waals surface area contributed by atoms with Crippen molar-refractivity contribution in [2.75, 3.05) is 32.8 Å². The van der Waals surface area contributed by atoms with Crippen LogP contribution in [0.4, 0.5) is 0 Å². The maximum absolute atomic E-state index is 9.49. The largest absolute Gasteiger partial charge is 0.394 e. The molecule has 0 saturated heterocycles. The summed E-state index contributed by atoms with van der Waals surface area (Å²) in [6.45, 7) is 8.12. The van der Waals surface area contributed by atoms with Crippen LogP contribution in [-0.4, -0.2) is 42.8 Å². The summed E-state index contributed by atoms with van der Waals surface area (Å²) in [6, 6.07) is 5.20. The number of hydrogen-bond donors (Lipinski definition) is 2. The molecule has 1 rings (SSSR count). The minimum absolute atomic E-state index is 0.0135. The van der Waals surface area contributed by atoms with Crippen LogP contribution in [0.3, 0.4) is 0 Å². The van der Waals surface area contributed by atoms with Crippen LogP contribution in [0.15, 0.2) is 18.2 Å². The Labute approximate surface area is 125 Å². The molecule has 5 heteroatoms. The smallest absolute Gasteiger partial charge is 0.0627 e. The van der Waals surface area contributed by atoms with Gasteiger partial charge < -0.3 is 15.3 Å². The van der Waals surface area contributed by atoms with Crippen molar-refractivity contribution in [3.05, 3.63) is 33.8 Å². The first-order chi connectivity index (χ1) is 9.12. The Morgan fingerprint density at radius 1 is 1.26 bits per heavy atom. The predicted octanol–water partition coefficient (Wildman–Crippen LogP) is 2.96. The van der Waals surface area contributed by atoms with Crippen LogP contribution in [0.25, 0.3) is 0 Å². The van der Waals surface area contributed by atoms with Crippen LogP contribution in [0, 0.1) is 0 Å². The quantitative estimate of drug-likeness (QED) is 0.775. The molecule has 2 N–H and O–H groups in total. The summed E-state index contributed by atoms with van der Waals surface area (Å²) in [4.78, 5) is 2.32. The highest BCUT2D eigenvalue weighted by atomic mass is 35.5. The van der Waals surface area contributed by atoms with Crippen molar-refractivity contribution in [3.8, 4) is 0 Å². The lowest BCUT2D eigenvalue weighted by Gasteiger charge is -2.22. The number of hydrogen-bond acceptors (Lipinski definition) is 3. The van der Waals surface area contributed by atoms with E-state index in [0.29, 0.717) is 10.0 Å². The van der Waals surface area contributed by atoms with Crippen molar-refractivity contribution in [1.82, 2.24) is 10.2 Å². The Morgan fingerprint density at radius 2 is 1.95 bits per heavy atom. The van der Waals surface area contributed by atoms with Gasteiger partial charge in [-0.05, 0) is 30.8 Å². The molecule has 0 saturated carbocycles. The molecule has 0 aliphatic carbocycles. The fraction of sp³-hybridized carbons (Fsp3) is 0.571. The summed E-state index contributed by atoms with van der Waals surface area (Å²) in [5.74, 6) is 0. The van der Waals surface area contributed by atoms with Crippen LogP contribution in [0.2, 0.25) is 10.0 Å². The number of aliphatic hydroxyl groups excluding tert-OH is 1. The van der Waals surface area contributed by atoms with Crippen molar-refractivity contribution >= 4 is 23.2 Å². The minimum atomic E-state index is -0.152. The van der Waals surface area contributed by atoms with Gasteiger partial charge in [-0.3, -0.25) is 0 Å². The van der Waals surface area contributed by atoms with Crippen molar-refractivity contribution in [2.45, 2.75) is 19.9 Å². The molecule has 0 aliphatic rings. The van der Waals surface area contributed by atoms with Crippen LogP contribution < -0.4 is 5.32 Å². The molecule has 108 valence electrons. The zero-order chi connectivity index (χ0) is 14.3. The normalized spacial score (nSPS) is 12.9. The van der Waals surface area contributed by atoms with Crippen molar-refractivity contribution in [1.29, 1.82) is 0 Å². The van der Waals surface area contributed by atoms with E-state index in [4.69, 9.17) is 23.2 Å². The average Bonchev–Trinajstić information content (AvgIpc) is 2.40. The number of benzene rings is 1. The summed E-state index contributed by atoms with van der Waals surface area (Å²) in [7, 11) is 0. The number of aliphatic hydroxyl groups is 1. The van der Waals surface area contributed by atoms with Gasteiger partial charge >= 0.3 is 0 Å². The molecule has 0 fully saturated rings. The molecule has 1 aromatic rings. The van der Waals surface area contributed by atoms with Crippen molar-refractivity contribution in [2.24, 2.45) is 0 Å².